The third kappa shape index (κ3) is 3.46. The summed E-state index contributed by atoms with van der Waals surface area (Å²) in [6.07, 6.45) is 1.45. The molecule has 4 rings (SSSR count). The highest BCUT2D eigenvalue weighted by Crippen LogP contribution is 2.51. The zero-order chi connectivity index (χ0) is 19.7. The third-order valence-corrected chi connectivity index (χ3v) is 5.19. The molecule has 148 valence electrons. The van der Waals surface area contributed by atoms with Crippen LogP contribution >= 0.6 is 0 Å². The van der Waals surface area contributed by atoms with Crippen LogP contribution in [0.15, 0.2) is 30.3 Å². The molecule has 0 amide bonds. The Bertz CT molecular complexity index is 891. The molecule has 0 radical (unpaired) electrons. The molecule has 0 aromatic heterocycles. The normalized spacial score (nSPS) is 19.1. The summed E-state index contributed by atoms with van der Waals surface area (Å²) in [7, 11) is 1.65. The van der Waals surface area contributed by atoms with E-state index < -0.39 is 0 Å². The van der Waals surface area contributed by atoms with Gasteiger partial charge in [-0.25, -0.2) is 0 Å². The van der Waals surface area contributed by atoms with Crippen LogP contribution in [0, 0.1) is 0 Å². The van der Waals surface area contributed by atoms with Crippen LogP contribution in [0.3, 0.4) is 0 Å². The van der Waals surface area contributed by atoms with E-state index in [1.54, 1.807) is 7.11 Å². The second-order valence-corrected chi connectivity index (χ2v) is 7.10. The van der Waals surface area contributed by atoms with Crippen LogP contribution in [0.25, 0.3) is 0 Å². The van der Waals surface area contributed by atoms with Crippen LogP contribution in [0.4, 0.5) is 0 Å². The van der Waals surface area contributed by atoms with Crippen molar-refractivity contribution in [2.75, 3.05) is 20.5 Å². The average molecular weight is 384 g/mol. The topological polar surface area (TPSA) is 63.2 Å². The van der Waals surface area contributed by atoms with Crippen LogP contribution < -0.4 is 18.9 Å². The van der Waals surface area contributed by atoms with Gasteiger partial charge in [0.05, 0.1) is 13.7 Å². The molecule has 2 aliphatic rings. The molecule has 2 aliphatic heterocycles. The van der Waals surface area contributed by atoms with Crippen LogP contribution in [-0.4, -0.2) is 26.5 Å². The van der Waals surface area contributed by atoms with Crippen molar-refractivity contribution in [2.24, 2.45) is 0 Å². The van der Waals surface area contributed by atoms with E-state index in [2.05, 4.69) is 13.0 Å². The van der Waals surface area contributed by atoms with Crippen LogP contribution in [0.2, 0.25) is 0 Å². The molecule has 2 heterocycles. The molecule has 2 aromatic rings. The van der Waals surface area contributed by atoms with E-state index in [0.717, 1.165) is 52.5 Å². The van der Waals surface area contributed by atoms with E-state index in [0.29, 0.717) is 6.61 Å². The van der Waals surface area contributed by atoms with Gasteiger partial charge in [0.25, 0.3) is 0 Å². The van der Waals surface area contributed by atoms with Gasteiger partial charge in [-0.1, -0.05) is 19.1 Å². The minimum atomic E-state index is -0.250. The van der Waals surface area contributed by atoms with Gasteiger partial charge in [0.15, 0.2) is 23.0 Å². The largest absolute Gasteiger partial charge is 0.493 e. The Kier molecular flexibility index (Phi) is 5.03. The van der Waals surface area contributed by atoms with E-state index in [1.165, 1.54) is 6.92 Å². The first-order valence-electron chi connectivity index (χ1n) is 9.47. The predicted molar refractivity (Wildman–Crippen MR) is 102 cm³/mol. The van der Waals surface area contributed by atoms with Crippen molar-refractivity contribution in [2.45, 2.75) is 38.7 Å². The Labute approximate surface area is 164 Å². The van der Waals surface area contributed by atoms with E-state index in [4.69, 9.17) is 23.7 Å². The third-order valence-electron chi connectivity index (χ3n) is 5.19. The molecule has 2 aromatic carbocycles. The van der Waals surface area contributed by atoms with Crippen LogP contribution in [0.1, 0.15) is 49.0 Å². The van der Waals surface area contributed by atoms with Crippen molar-refractivity contribution in [3.63, 3.8) is 0 Å². The summed E-state index contributed by atoms with van der Waals surface area (Å²) >= 11 is 0. The van der Waals surface area contributed by atoms with Crippen molar-refractivity contribution in [1.29, 1.82) is 0 Å². The quantitative estimate of drug-likeness (QED) is 0.551. The number of hydrogen-bond donors (Lipinski definition) is 0. The lowest BCUT2D eigenvalue weighted by Crippen LogP contribution is -2.07. The number of methoxy groups -OCH3 is 1. The highest BCUT2D eigenvalue weighted by atomic mass is 16.7. The van der Waals surface area contributed by atoms with E-state index in [1.807, 2.05) is 24.3 Å². The molecule has 0 spiro atoms. The maximum atomic E-state index is 10.9. The van der Waals surface area contributed by atoms with Gasteiger partial charge < -0.3 is 23.7 Å². The maximum absolute atomic E-state index is 10.9. The standard InChI is InChI=1S/C22H24O6/c1-13-17-9-15(5-4-8-25-14(2)23)10-20(24-3)22(17)28-21(13)16-6-7-18-19(11-16)27-12-26-18/h6-7,9-11,13,21H,4-5,8,12H2,1-3H3. The first kappa shape index (κ1) is 18.5. The van der Waals surface area contributed by atoms with Gasteiger partial charge in [-0.2, -0.15) is 0 Å². The van der Waals surface area contributed by atoms with E-state index >= 15 is 0 Å². The molecule has 2 atom stereocenters. The Morgan fingerprint density at radius 1 is 1.18 bits per heavy atom. The van der Waals surface area contributed by atoms with Gasteiger partial charge in [0.2, 0.25) is 6.79 Å². The number of hydrogen-bond acceptors (Lipinski definition) is 6. The molecule has 0 saturated carbocycles. The Hall–Kier alpha value is -2.89. The van der Waals surface area contributed by atoms with Gasteiger partial charge in [-0.05, 0) is 42.2 Å². The zero-order valence-electron chi connectivity index (χ0n) is 16.3. The van der Waals surface area contributed by atoms with Gasteiger partial charge in [-0.3, -0.25) is 4.79 Å². The molecule has 0 N–H and O–H groups in total. The number of fused-ring (bicyclic) bond motifs is 2. The summed E-state index contributed by atoms with van der Waals surface area (Å²) in [5.41, 5.74) is 3.32. The number of carbonyl (C=O) groups is 1. The van der Waals surface area contributed by atoms with Crippen LogP contribution in [0.5, 0.6) is 23.0 Å². The van der Waals surface area contributed by atoms with Gasteiger partial charge in [0.1, 0.15) is 6.10 Å². The second-order valence-electron chi connectivity index (χ2n) is 7.10. The lowest BCUT2D eigenvalue weighted by Gasteiger charge is -2.16. The molecule has 0 saturated heterocycles. The summed E-state index contributed by atoms with van der Waals surface area (Å²) in [6, 6.07) is 10.1. The molecule has 6 nitrogen and oxygen atoms in total. The number of aryl methyl sites for hydroxylation is 1. The number of benzene rings is 2. The van der Waals surface area contributed by atoms with E-state index in [-0.39, 0.29) is 24.8 Å². The molecular weight excluding hydrogens is 360 g/mol. The maximum Gasteiger partial charge on any atom is 0.302 e. The highest BCUT2D eigenvalue weighted by molar-refractivity contribution is 5.65. The zero-order valence-corrected chi connectivity index (χ0v) is 16.3. The van der Waals surface area contributed by atoms with Crippen molar-refractivity contribution in [3.8, 4) is 23.0 Å². The molecule has 0 aliphatic carbocycles. The number of ether oxygens (including phenoxy) is 5. The smallest absolute Gasteiger partial charge is 0.302 e. The molecular formula is C22H24O6. The molecule has 6 heteroatoms. The monoisotopic (exact) mass is 384 g/mol. The Morgan fingerprint density at radius 3 is 2.79 bits per heavy atom. The summed E-state index contributed by atoms with van der Waals surface area (Å²) in [5.74, 6) is 2.95. The molecule has 2 unspecified atom stereocenters. The lowest BCUT2D eigenvalue weighted by molar-refractivity contribution is -0.141. The summed E-state index contributed by atoms with van der Waals surface area (Å²) in [6.45, 7) is 4.25. The lowest BCUT2D eigenvalue weighted by atomic mass is 9.91. The molecule has 0 fully saturated rings. The molecule has 28 heavy (non-hydrogen) atoms. The van der Waals surface area contributed by atoms with Gasteiger partial charge in [-0.15, -0.1) is 0 Å². The number of esters is 1. The van der Waals surface area contributed by atoms with Crippen molar-refractivity contribution in [1.82, 2.24) is 0 Å². The summed E-state index contributed by atoms with van der Waals surface area (Å²) in [5, 5.41) is 0. The van der Waals surface area contributed by atoms with Crippen molar-refractivity contribution < 1.29 is 28.5 Å². The Balaban J connectivity index is 1.55. The van der Waals surface area contributed by atoms with E-state index in [9.17, 15) is 4.79 Å². The predicted octanol–water partition coefficient (Wildman–Crippen LogP) is 4.16. The first-order chi connectivity index (χ1) is 13.6. The molecule has 0 bridgehead atoms. The summed E-state index contributed by atoms with van der Waals surface area (Å²) in [4.78, 5) is 10.9. The average Bonchev–Trinajstić information content (AvgIpc) is 3.28. The van der Waals surface area contributed by atoms with Gasteiger partial charge in [0, 0.05) is 18.4 Å². The minimum absolute atomic E-state index is 0.116. The fraction of sp³-hybridized carbons (Fsp3) is 0.409. The second kappa shape index (κ2) is 7.62. The number of rotatable bonds is 6. The first-order valence-corrected chi connectivity index (χ1v) is 9.47. The van der Waals surface area contributed by atoms with Gasteiger partial charge >= 0.3 is 5.97 Å². The summed E-state index contributed by atoms with van der Waals surface area (Å²) < 4.78 is 27.8. The number of carbonyl (C=O) groups excluding carboxylic acids is 1. The van der Waals surface area contributed by atoms with Crippen molar-refractivity contribution >= 4 is 5.97 Å². The van der Waals surface area contributed by atoms with Crippen LogP contribution in [-0.2, 0) is 16.0 Å². The SMILES string of the molecule is COc1cc(CCCOC(C)=O)cc2c1OC(c1ccc3c(c1)OCO3)C2C. The fourth-order valence-electron chi connectivity index (χ4n) is 3.77. The van der Waals surface area contributed by atoms with Crippen molar-refractivity contribution in [3.05, 3.63) is 47.0 Å². The Morgan fingerprint density at radius 2 is 2.00 bits per heavy atom. The fourth-order valence-corrected chi connectivity index (χ4v) is 3.77. The highest BCUT2D eigenvalue weighted by Gasteiger charge is 2.35. The minimum Gasteiger partial charge on any atom is -0.493 e.